The smallest absolute Gasteiger partial charge is 0.305 e. The first kappa shape index (κ1) is 14.3. The fourth-order valence-corrected chi connectivity index (χ4v) is 2.40. The lowest BCUT2D eigenvalue weighted by atomic mass is 10.3. The number of aromatic nitrogens is 3. The number of hydrogen-bond donors (Lipinski definition) is 0. The molecule has 8 nitrogen and oxygen atoms in total. The Bertz CT molecular complexity index is 626. The summed E-state index contributed by atoms with van der Waals surface area (Å²) in [7, 11) is 0. The van der Waals surface area contributed by atoms with Gasteiger partial charge in [0.2, 0.25) is 5.95 Å². The molecule has 0 aliphatic carbocycles. The van der Waals surface area contributed by atoms with Gasteiger partial charge in [0, 0.05) is 38.9 Å². The summed E-state index contributed by atoms with van der Waals surface area (Å²) < 4.78 is 0. The van der Waals surface area contributed by atoms with Gasteiger partial charge in [-0.3, -0.25) is 20.0 Å². The molecule has 1 aliphatic rings. The van der Waals surface area contributed by atoms with Gasteiger partial charge in [-0.25, -0.2) is 9.97 Å². The highest BCUT2D eigenvalue weighted by atomic mass is 16.6. The first-order valence-corrected chi connectivity index (χ1v) is 7.06. The lowest BCUT2D eigenvalue weighted by Crippen LogP contribution is -2.46. The van der Waals surface area contributed by atoms with Crippen LogP contribution in [0.25, 0.3) is 0 Å². The Hall–Kier alpha value is -2.61. The molecule has 2 aromatic rings. The molecule has 1 aliphatic heterocycles. The highest BCUT2D eigenvalue weighted by Crippen LogP contribution is 2.14. The molecule has 0 N–H and O–H groups in total. The Kier molecular flexibility index (Phi) is 4.19. The Morgan fingerprint density at radius 2 is 1.82 bits per heavy atom. The third-order valence-electron chi connectivity index (χ3n) is 3.60. The van der Waals surface area contributed by atoms with Crippen LogP contribution in [0.1, 0.15) is 5.69 Å². The summed E-state index contributed by atoms with van der Waals surface area (Å²) in [5.74, 6) is 0.545. The summed E-state index contributed by atoms with van der Waals surface area (Å²) >= 11 is 0. The molecule has 0 spiro atoms. The molecule has 0 radical (unpaired) electrons. The van der Waals surface area contributed by atoms with Crippen LogP contribution in [0, 0.1) is 10.1 Å². The van der Waals surface area contributed by atoms with E-state index in [2.05, 4.69) is 19.9 Å². The minimum Gasteiger partial charge on any atom is -0.338 e. The molecule has 0 atom stereocenters. The summed E-state index contributed by atoms with van der Waals surface area (Å²) in [5, 5.41) is 10.6. The van der Waals surface area contributed by atoms with Gasteiger partial charge in [-0.2, -0.15) is 0 Å². The van der Waals surface area contributed by atoms with E-state index in [-0.39, 0.29) is 5.69 Å². The summed E-state index contributed by atoms with van der Waals surface area (Å²) in [6.45, 7) is 4.19. The predicted octanol–water partition coefficient (Wildman–Crippen LogP) is 1.10. The molecule has 0 bridgehead atoms. The van der Waals surface area contributed by atoms with Crippen molar-refractivity contribution in [2.75, 3.05) is 31.1 Å². The van der Waals surface area contributed by atoms with Crippen molar-refractivity contribution in [1.29, 1.82) is 0 Å². The molecule has 0 unspecified atom stereocenters. The zero-order valence-electron chi connectivity index (χ0n) is 12.0. The maximum absolute atomic E-state index is 10.6. The standard InChI is InChI=1S/C14H16N6O2/c21-20(22)13-9-16-14(17-10-13)19-7-5-18(6-8-19)11-12-3-1-2-4-15-12/h1-4,9-10H,5-8,11H2. The van der Waals surface area contributed by atoms with Crippen LogP contribution in [0.3, 0.4) is 0 Å². The van der Waals surface area contributed by atoms with Gasteiger partial charge in [0.25, 0.3) is 0 Å². The highest BCUT2D eigenvalue weighted by Gasteiger charge is 2.20. The number of pyridine rings is 1. The Morgan fingerprint density at radius 3 is 2.41 bits per heavy atom. The second kappa shape index (κ2) is 6.44. The third-order valence-corrected chi connectivity index (χ3v) is 3.60. The fraction of sp³-hybridized carbons (Fsp3) is 0.357. The molecular weight excluding hydrogens is 284 g/mol. The normalized spacial score (nSPS) is 15.7. The highest BCUT2D eigenvalue weighted by molar-refractivity contribution is 5.34. The minimum atomic E-state index is -0.491. The molecule has 2 aromatic heterocycles. The molecule has 8 heteroatoms. The van der Waals surface area contributed by atoms with Gasteiger partial charge < -0.3 is 4.90 Å². The SMILES string of the molecule is O=[N+]([O-])c1cnc(N2CCN(Cc3ccccn3)CC2)nc1. The monoisotopic (exact) mass is 300 g/mol. The van der Waals surface area contributed by atoms with E-state index in [1.54, 1.807) is 6.20 Å². The Labute approximate surface area is 127 Å². The lowest BCUT2D eigenvalue weighted by Gasteiger charge is -2.34. The average Bonchev–Trinajstić information content (AvgIpc) is 2.57. The minimum absolute atomic E-state index is 0.0856. The molecule has 22 heavy (non-hydrogen) atoms. The number of nitrogens with zero attached hydrogens (tertiary/aromatic N) is 6. The molecular formula is C14H16N6O2. The first-order valence-electron chi connectivity index (χ1n) is 7.06. The van der Waals surface area contributed by atoms with E-state index < -0.39 is 4.92 Å². The molecule has 114 valence electrons. The van der Waals surface area contributed by atoms with Crippen LogP contribution >= 0.6 is 0 Å². The topological polar surface area (TPSA) is 88.3 Å². The molecule has 0 aromatic carbocycles. The number of rotatable bonds is 4. The molecule has 1 saturated heterocycles. The van der Waals surface area contributed by atoms with E-state index in [9.17, 15) is 10.1 Å². The summed E-state index contributed by atoms with van der Waals surface area (Å²) in [5.41, 5.74) is 0.972. The van der Waals surface area contributed by atoms with Crippen LogP contribution in [0.15, 0.2) is 36.8 Å². The van der Waals surface area contributed by atoms with Crippen molar-refractivity contribution in [3.05, 3.63) is 52.6 Å². The zero-order valence-corrected chi connectivity index (χ0v) is 12.0. The van der Waals surface area contributed by atoms with Gasteiger partial charge in [0.15, 0.2) is 0 Å². The van der Waals surface area contributed by atoms with Crippen molar-refractivity contribution >= 4 is 11.6 Å². The van der Waals surface area contributed by atoms with Crippen molar-refractivity contribution < 1.29 is 4.92 Å². The van der Waals surface area contributed by atoms with Crippen LogP contribution in [-0.2, 0) is 6.54 Å². The maximum atomic E-state index is 10.6. The summed E-state index contributed by atoms with van der Waals surface area (Å²) in [4.78, 5) is 27.0. The number of hydrogen-bond acceptors (Lipinski definition) is 7. The largest absolute Gasteiger partial charge is 0.338 e. The van der Waals surface area contributed by atoms with Gasteiger partial charge in [-0.15, -0.1) is 0 Å². The quantitative estimate of drug-likeness (QED) is 0.617. The van der Waals surface area contributed by atoms with E-state index in [0.717, 1.165) is 38.4 Å². The lowest BCUT2D eigenvalue weighted by molar-refractivity contribution is -0.385. The van der Waals surface area contributed by atoms with Crippen molar-refractivity contribution in [2.45, 2.75) is 6.54 Å². The van der Waals surface area contributed by atoms with Crippen molar-refractivity contribution in [1.82, 2.24) is 19.9 Å². The van der Waals surface area contributed by atoms with Crippen molar-refractivity contribution in [3.8, 4) is 0 Å². The van der Waals surface area contributed by atoms with E-state index >= 15 is 0 Å². The van der Waals surface area contributed by atoms with E-state index in [4.69, 9.17) is 0 Å². The molecule has 3 heterocycles. The molecule has 0 amide bonds. The van der Waals surface area contributed by atoms with Crippen LogP contribution in [0.5, 0.6) is 0 Å². The summed E-state index contributed by atoms with van der Waals surface area (Å²) in [6, 6.07) is 5.92. The van der Waals surface area contributed by atoms with Crippen LogP contribution in [0.4, 0.5) is 11.6 Å². The van der Waals surface area contributed by atoms with Gasteiger partial charge in [0.1, 0.15) is 12.4 Å². The van der Waals surface area contributed by atoms with Gasteiger partial charge in [-0.1, -0.05) is 6.07 Å². The maximum Gasteiger partial charge on any atom is 0.305 e. The van der Waals surface area contributed by atoms with Crippen LogP contribution < -0.4 is 4.90 Å². The van der Waals surface area contributed by atoms with E-state index in [1.807, 2.05) is 23.1 Å². The van der Waals surface area contributed by atoms with Crippen molar-refractivity contribution in [2.24, 2.45) is 0 Å². The molecule has 3 rings (SSSR count). The molecule has 0 saturated carbocycles. The second-order valence-corrected chi connectivity index (χ2v) is 5.08. The Morgan fingerprint density at radius 1 is 1.09 bits per heavy atom. The number of piperazine rings is 1. The third kappa shape index (κ3) is 3.34. The predicted molar refractivity (Wildman–Crippen MR) is 80.4 cm³/mol. The van der Waals surface area contributed by atoms with E-state index in [1.165, 1.54) is 12.4 Å². The van der Waals surface area contributed by atoms with Gasteiger partial charge >= 0.3 is 5.69 Å². The first-order chi connectivity index (χ1) is 10.7. The number of anilines is 1. The fourth-order valence-electron chi connectivity index (χ4n) is 2.40. The average molecular weight is 300 g/mol. The van der Waals surface area contributed by atoms with Gasteiger partial charge in [-0.05, 0) is 12.1 Å². The second-order valence-electron chi connectivity index (χ2n) is 5.08. The van der Waals surface area contributed by atoms with Crippen LogP contribution in [-0.4, -0.2) is 51.0 Å². The zero-order chi connectivity index (χ0) is 15.4. The molecule has 1 fully saturated rings. The number of nitro groups is 1. The van der Waals surface area contributed by atoms with Gasteiger partial charge in [0.05, 0.1) is 10.6 Å². The Balaban J connectivity index is 1.56. The van der Waals surface area contributed by atoms with Crippen LogP contribution in [0.2, 0.25) is 0 Å². The summed E-state index contributed by atoms with van der Waals surface area (Å²) in [6.07, 6.45) is 4.31. The van der Waals surface area contributed by atoms with E-state index in [0.29, 0.717) is 5.95 Å². The van der Waals surface area contributed by atoms with Crippen molar-refractivity contribution in [3.63, 3.8) is 0 Å².